The van der Waals surface area contributed by atoms with E-state index in [1.54, 1.807) is 30.3 Å². The van der Waals surface area contributed by atoms with Crippen LogP contribution in [0, 0.1) is 11.8 Å². The van der Waals surface area contributed by atoms with Crippen LogP contribution in [0.3, 0.4) is 0 Å². The summed E-state index contributed by atoms with van der Waals surface area (Å²) >= 11 is 10.1. The Bertz CT molecular complexity index is 764. The number of Topliss-reactive ketones (excluding diaryl/α,β-unsaturated/α-hetero) is 2. The van der Waals surface area contributed by atoms with Crippen molar-refractivity contribution in [2.75, 3.05) is 6.61 Å². The molecule has 1 aliphatic rings. The zero-order chi connectivity index (χ0) is 22.1. The van der Waals surface area contributed by atoms with Gasteiger partial charge in [0.05, 0.1) is 5.71 Å². The lowest BCUT2D eigenvalue weighted by Gasteiger charge is -2.29. The maximum Gasteiger partial charge on any atom is 0.153 e. The van der Waals surface area contributed by atoms with Gasteiger partial charge in [-0.1, -0.05) is 41.7 Å². The Kier molecular flexibility index (Phi) is 10.4. The molecule has 0 saturated heterocycles. The maximum absolute atomic E-state index is 12.8. The van der Waals surface area contributed by atoms with Crippen molar-refractivity contribution in [1.82, 2.24) is 0 Å². The van der Waals surface area contributed by atoms with E-state index in [0.717, 1.165) is 6.42 Å². The molecule has 30 heavy (non-hydrogen) atoms. The molecule has 8 heteroatoms. The zero-order valence-electron chi connectivity index (χ0n) is 17.2. The minimum Gasteiger partial charge on any atom is -0.611 e. The lowest BCUT2D eigenvalue weighted by atomic mass is 9.75. The van der Waals surface area contributed by atoms with Crippen molar-refractivity contribution in [1.29, 1.82) is 0 Å². The zero-order valence-corrected chi connectivity index (χ0v) is 19.5. The first-order chi connectivity index (χ1) is 14.4. The molecular formula is C22H27Cl2NO4S. The number of nitrogens with zero attached hydrogens (tertiary/aromatic N) is 1. The molecule has 0 amide bonds. The van der Waals surface area contributed by atoms with Crippen LogP contribution in [-0.2, 0) is 25.6 Å². The van der Waals surface area contributed by atoms with Gasteiger partial charge in [0.1, 0.15) is 29.3 Å². The molecule has 0 spiro atoms. The summed E-state index contributed by atoms with van der Waals surface area (Å²) in [6, 6.07) is 6.91. The van der Waals surface area contributed by atoms with E-state index in [4.69, 9.17) is 28.0 Å². The third-order valence-corrected chi connectivity index (χ3v) is 7.07. The summed E-state index contributed by atoms with van der Waals surface area (Å²) in [6.07, 6.45) is 3.96. The van der Waals surface area contributed by atoms with Crippen LogP contribution in [0.2, 0.25) is 5.02 Å². The molecule has 0 radical (unpaired) electrons. The summed E-state index contributed by atoms with van der Waals surface area (Å²) in [6.45, 7) is 4.03. The van der Waals surface area contributed by atoms with Gasteiger partial charge < -0.3 is 9.39 Å². The minimum atomic E-state index is -1.23. The highest BCUT2D eigenvalue weighted by Gasteiger charge is 2.40. The van der Waals surface area contributed by atoms with Gasteiger partial charge in [0, 0.05) is 23.4 Å². The molecule has 0 bridgehead atoms. The van der Waals surface area contributed by atoms with Crippen molar-refractivity contribution in [3.63, 3.8) is 0 Å². The highest BCUT2D eigenvalue weighted by atomic mass is 35.5. The minimum absolute atomic E-state index is 0.115. The SMILES string of the molecule is CCCC(=NOCC=CCl)[C@H]1C(=O)C[C@H](CC(C)[S+]([O-])c2ccc(Cl)cc2)CC1=O. The van der Waals surface area contributed by atoms with Crippen LogP contribution >= 0.6 is 23.2 Å². The molecule has 2 atom stereocenters. The molecule has 1 aromatic rings. The van der Waals surface area contributed by atoms with Gasteiger partial charge in [0.2, 0.25) is 0 Å². The van der Waals surface area contributed by atoms with E-state index < -0.39 is 17.1 Å². The van der Waals surface area contributed by atoms with E-state index in [0.29, 0.717) is 28.5 Å². The number of hydrogen-bond donors (Lipinski definition) is 0. The van der Waals surface area contributed by atoms with Crippen molar-refractivity contribution in [3.05, 3.63) is 40.9 Å². The second-order valence-electron chi connectivity index (χ2n) is 7.43. The van der Waals surface area contributed by atoms with Gasteiger partial charge in [0.25, 0.3) is 0 Å². The first-order valence-electron chi connectivity index (χ1n) is 10.0. The number of ketones is 2. The summed E-state index contributed by atoms with van der Waals surface area (Å²) in [5, 5.41) is 4.45. The van der Waals surface area contributed by atoms with Crippen molar-refractivity contribution in [2.24, 2.45) is 17.0 Å². The average Bonchev–Trinajstić information content (AvgIpc) is 2.70. The monoisotopic (exact) mass is 471 g/mol. The lowest BCUT2D eigenvalue weighted by molar-refractivity contribution is -0.134. The normalized spacial score (nSPS) is 22.4. The van der Waals surface area contributed by atoms with Gasteiger partial charge in [-0.3, -0.25) is 9.59 Å². The predicted molar refractivity (Wildman–Crippen MR) is 121 cm³/mol. The van der Waals surface area contributed by atoms with Gasteiger partial charge in [-0.15, -0.1) is 0 Å². The lowest BCUT2D eigenvalue weighted by Crippen LogP contribution is -2.40. The fourth-order valence-electron chi connectivity index (χ4n) is 3.65. The standard InChI is InChI=1S/C22H27Cl2NO4S/c1-3-5-19(25-29-11-4-10-23)22-20(26)13-16(14-21(22)27)12-15(2)30(28)18-8-6-17(24)7-9-18/h4,6-10,15-16,22H,3,5,11-14H2,1-2H3/t15?,16-,22-,30?. The highest BCUT2D eigenvalue weighted by Crippen LogP contribution is 2.31. The first-order valence-corrected chi connectivity index (χ1v) is 12.1. The van der Waals surface area contributed by atoms with E-state index in [9.17, 15) is 14.1 Å². The van der Waals surface area contributed by atoms with Crippen molar-refractivity contribution in [2.45, 2.75) is 56.1 Å². The molecule has 1 fully saturated rings. The summed E-state index contributed by atoms with van der Waals surface area (Å²) in [5.41, 5.74) is 1.80. The Morgan fingerprint density at radius 2 is 1.93 bits per heavy atom. The quantitative estimate of drug-likeness (QED) is 0.152. The highest BCUT2D eigenvalue weighted by molar-refractivity contribution is 7.92. The topological polar surface area (TPSA) is 78.8 Å². The third-order valence-electron chi connectivity index (χ3n) is 4.98. The smallest absolute Gasteiger partial charge is 0.153 e. The molecule has 1 saturated carbocycles. The number of hydrogen-bond acceptors (Lipinski definition) is 5. The molecule has 0 aliphatic heterocycles. The molecule has 2 rings (SSSR count). The van der Waals surface area contributed by atoms with E-state index in [-0.39, 0.29) is 42.2 Å². The van der Waals surface area contributed by atoms with Gasteiger partial charge in [0.15, 0.2) is 4.90 Å². The van der Waals surface area contributed by atoms with Crippen LogP contribution in [0.25, 0.3) is 0 Å². The van der Waals surface area contributed by atoms with E-state index in [1.165, 1.54) is 5.54 Å². The van der Waals surface area contributed by atoms with Crippen LogP contribution in [0.5, 0.6) is 0 Å². The van der Waals surface area contributed by atoms with E-state index in [2.05, 4.69) is 5.16 Å². The average molecular weight is 472 g/mol. The Morgan fingerprint density at radius 1 is 1.30 bits per heavy atom. The number of rotatable bonds is 10. The molecule has 5 nitrogen and oxygen atoms in total. The molecule has 164 valence electrons. The van der Waals surface area contributed by atoms with Crippen LogP contribution in [0.4, 0.5) is 0 Å². The van der Waals surface area contributed by atoms with Crippen LogP contribution in [-0.4, -0.2) is 33.7 Å². The van der Waals surface area contributed by atoms with Crippen LogP contribution in [0.1, 0.15) is 46.0 Å². The predicted octanol–water partition coefficient (Wildman–Crippen LogP) is 5.32. The number of carbonyl (C=O) groups is 2. The number of halogens is 2. The van der Waals surface area contributed by atoms with Gasteiger partial charge in [-0.2, -0.15) is 0 Å². The van der Waals surface area contributed by atoms with Crippen molar-refractivity contribution >= 4 is 51.7 Å². The molecule has 1 aromatic carbocycles. The molecule has 2 unspecified atom stereocenters. The Hall–Kier alpha value is -1.34. The largest absolute Gasteiger partial charge is 0.611 e. The first kappa shape index (κ1) is 24.9. The number of oxime groups is 1. The third kappa shape index (κ3) is 7.12. The molecule has 0 heterocycles. The number of benzene rings is 1. The van der Waals surface area contributed by atoms with Crippen LogP contribution < -0.4 is 0 Å². The van der Waals surface area contributed by atoms with Gasteiger partial charge in [-0.25, -0.2) is 0 Å². The maximum atomic E-state index is 12.8. The summed E-state index contributed by atoms with van der Waals surface area (Å²) in [7, 11) is 0. The Balaban J connectivity index is 2.01. The summed E-state index contributed by atoms with van der Waals surface area (Å²) in [5.74, 6) is -1.22. The van der Waals surface area contributed by atoms with Crippen LogP contribution in [0.15, 0.2) is 45.9 Å². The molecule has 0 N–H and O–H groups in total. The van der Waals surface area contributed by atoms with E-state index >= 15 is 0 Å². The summed E-state index contributed by atoms with van der Waals surface area (Å²) in [4.78, 5) is 31.5. The molecule has 1 aliphatic carbocycles. The molecule has 0 aromatic heterocycles. The van der Waals surface area contributed by atoms with Crippen molar-refractivity contribution in [3.8, 4) is 0 Å². The number of carbonyl (C=O) groups excluding carboxylic acids is 2. The van der Waals surface area contributed by atoms with Gasteiger partial charge in [-0.05, 0) is 67.2 Å². The fraction of sp³-hybridized carbons (Fsp3) is 0.500. The van der Waals surface area contributed by atoms with Gasteiger partial charge >= 0.3 is 0 Å². The van der Waals surface area contributed by atoms with E-state index in [1.807, 2.05) is 13.8 Å². The van der Waals surface area contributed by atoms with Crippen molar-refractivity contribution < 1.29 is 19.0 Å². The Morgan fingerprint density at radius 3 is 2.50 bits per heavy atom. The molecular weight excluding hydrogens is 445 g/mol. The summed E-state index contributed by atoms with van der Waals surface area (Å²) < 4.78 is 12.8. The fourth-order valence-corrected chi connectivity index (χ4v) is 5.17. The second-order valence-corrected chi connectivity index (χ2v) is 9.99. The Labute approximate surface area is 191 Å². The second kappa shape index (κ2) is 12.5.